The van der Waals surface area contributed by atoms with E-state index < -0.39 is 0 Å². The van der Waals surface area contributed by atoms with E-state index in [0.717, 1.165) is 15.6 Å². The van der Waals surface area contributed by atoms with Gasteiger partial charge in [0.15, 0.2) is 0 Å². The molecular formula is C12H13BrN2O. The van der Waals surface area contributed by atoms with Crippen LogP contribution < -0.4 is 5.73 Å². The van der Waals surface area contributed by atoms with Gasteiger partial charge in [-0.1, -0.05) is 28.1 Å². The maximum absolute atomic E-state index is 12.0. The second kappa shape index (κ2) is 3.94. The zero-order chi connectivity index (χ0) is 11.9. The zero-order valence-electron chi connectivity index (χ0n) is 9.09. The number of amides is 1. The van der Waals surface area contributed by atoms with Crippen molar-refractivity contribution in [3.8, 4) is 0 Å². The summed E-state index contributed by atoms with van der Waals surface area (Å²) in [4.78, 5) is 13.8. The van der Waals surface area contributed by atoms with Crippen LogP contribution in [0.1, 0.15) is 22.8 Å². The van der Waals surface area contributed by atoms with E-state index in [2.05, 4.69) is 22.5 Å². The molecular weight excluding hydrogens is 268 g/mol. The van der Waals surface area contributed by atoms with E-state index in [1.54, 1.807) is 11.0 Å². The van der Waals surface area contributed by atoms with Crippen LogP contribution in [0.25, 0.3) is 0 Å². The minimum absolute atomic E-state index is 0.0333. The Labute approximate surface area is 103 Å². The average molecular weight is 281 g/mol. The third-order valence-electron chi connectivity index (χ3n) is 2.55. The van der Waals surface area contributed by atoms with Crippen molar-refractivity contribution in [1.82, 2.24) is 4.90 Å². The number of halogens is 1. The lowest BCUT2D eigenvalue weighted by Gasteiger charge is -2.14. The lowest BCUT2D eigenvalue weighted by Crippen LogP contribution is -2.25. The van der Waals surface area contributed by atoms with Gasteiger partial charge in [0.05, 0.1) is 0 Å². The highest BCUT2D eigenvalue weighted by atomic mass is 79.9. The number of rotatable bonds is 2. The van der Waals surface area contributed by atoms with Gasteiger partial charge in [-0.05, 0) is 24.6 Å². The Balaban J connectivity index is 2.38. The molecule has 0 saturated carbocycles. The van der Waals surface area contributed by atoms with Crippen molar-refractivity contribution in [2.75, 3.05) is 12.3 Å². The summed E-state index contributed by atoms with van der Waals surface area (Å²) in [5, 5.41) is 0. The van der Waals surface area contributed by atoms with Crippen LogP contribution >= 0.6 is 15.9 Å². The van der Waals surface area contributed by atoms with E-state index in [1.807, 2.05) is 13.0 Å². The topological polar surface area (TPSA) is 46.3 Å². The van der Waals surface area contributed by atoms with Gasteiger partial charge >= 0.3 is 0 Å². The maximum atomic E-state index is 12.0. The summed E-state index contributed by atoms with van der Waals surface area (Å²) < 4.78 is 0.903. The highest BCUT2D eigenvalue weighted by Crippen LogP contribution is 2.31. The minimum atomic E-state index is 0.0333. The Morgan fingerprint density at radius 2 is 2.31 bits per heavy atom. The van der Waals surface area contributed by atoms with Crippen LogP contribution in [0.5, 0.6) is 0 Å². The SMILES string of the molecule is C=C(C)CN1Cc2c(Br)cc(N)cc2C1=O. The molecule has 16 heavy (non-hydrogen) atoms. The van der Waals surface area contributed by atoms with E-state index in [9.17, 15) is 4.79 Å². The Morgan fingerprint density at radius 3 is 2.94 bits per heavy atom. The van der Waals surface area contributed by atoms with Gasteiger partial charge in [0.25, 0.3) is 5.91 Å². The maximum Gasteiger partial charge on any atom is 0.254 e. The third-order valence-corrected chi connectivity index (χ3v) is 3.25. The summed E-state index contributed by atoms with van der Waals surface area (Å²) in [6.07, 6.45) is 0. The van der Waals surface area contributed by atoms with Crippen LogP contribution in [-0.4, -0.2) is 17.4 Å². The fourth-order valence-electron chi connectivity index (χ4n) is 1.90. The monoisotopic (exact) mass is 280 g/mol. The molecule has 1 heterocycles. The molecule has 1 aromatic carbocycles. The first-order chi connectivity index (χ1) is 7.49. The van der Waals surface area contributed by atoms with Crippen molar-refractivity contribution in [2.45, 2.75) is 13.5 Å². The molecule has 0 bridgehead atoms. The number of nitrogen functional groups attached to an aromatic ring is 1. The molecule has 3 nitrogen and oxygen atoms in total. The second-order valence-electron chi connectivity index (χ2n) is 4.15. The molecule has 2 N–H and O–H groups in total. The number of nitrogens with zero attached hydrogens (tertiary/aromatic N) is 1. The number of nitrogens with two attached hydrogens (primary N) is 1. The molecule has 0 atom stereocenters. The number of carbonyl (C=O) groups is 1. The van der Waals surface area contributed by atoms with Gasteiger partial charge < -0.3 is 10.6 Å². The van der Waals surface area contributed by atoms with Gasteiger partial charge in [-0.2, -0.15) is 0 Å². The largest absolute Gasteiger partial charge is 0.399 e. The van der Waals surface area contributed by atoms with Crippen LogP contribution in [0, 0.1) is 0 Å². The molecule has 0 spiro atoms. The van der Waals surface area contributed by atoms with Crippen molar-refractivity contribution in [3.63, 3.8) is 0 Å². The number of fused-ring (bicyclic) bond motifs is 1. The molecule has 1 aliphatic heterocycles. The van der Waals surface area contributed by atoms with Crippen molar-refractivity contribution >= 4 is 27.5 Å². The predicted octanol–water partition coefficient (Wildman–Crippen LogP) is 2.56. The first kappa shape index (κ1) is 11.2. The Morgan fingerprint density at radius 1 is 1.62 bits per heavy atom. The van der Waals surface area contributed by atoms with Gasteiger partial charge in [-0.3, -0.25) is 4.79 Å². The van der Waals surface area contributed by atoms with Crippen LogP contribution in [0.2, 0.25) is 0 Å². The normalized spacial score (nSPS) is 14.1. The number of benzene rings is 1. The fourth-order valence-corrected chi connectivity index (χ4v) is 2.50. The number of hydrogen-bond acceptors (Lipinski definition) is 2. The highest BCUT2D eigenvalue weighted by molar-refractivity contribution is 9.10. The number of hydrogen-bond donors (Lipinski definition) is 1. The number of carbonyl (C=O) groups excluding carboxylic acids is 1. The first-order valence-electron chi connectivity index (χ1n) is 5.00. The molecule has 0 radical (unpaired) electrons. The highest BCUT2D eigenvalue weighted by Gasteiger charge is 2.29. The van der Waals surface area contributed by atoms with E-state index in [-0.39, 0.29) is 5.91 Å². The second-order valence-corrected chi connectivity index (χ2v) is 5.00. The van der Waals surface area contributed by atoms with Crippen LogP contribution in [0.3, 0.4) is 0 Å². The molecule has 4 heteroatoms. The first-order valence-corrected chi connectivity index (χ1v) is 5.80. The summed E-state index contributed by atoms with van der Waals surface area (Å²) in [5.74, 6) is 0.0333. The fraction of sp³-hybridized carbons (Fsp3) is 0.250. The Bertz CT molecular complexity index is 482. The number of anilines is 1. The molecule has 2 rings (SSSR count). The lowest BCUT2D eigenvalue weighted by molar-refractivity contribution is 0.0792. The van der Waals surface area contributed by atoms with Crippen LogP contribution in [-0.2, 0) is 6.54 Å². The van der Waals surface area contributed by atoms with E-state index in [0.29, 0.717) is 24.3 Å². The molecule has 1 aliphatic rings. The quantitative estimate of drug-likeness (QED) is 0.669. The van der Waals surface area contributed by atoms with Crippen molar-refractivity contribution in [3.05, 3.63) is 39.9 Å². The summed E-state index contributed by atoms with van der Waals surface area (Å²) in [6.45, 7) is 6.97. The summed E-state index contributed by atoms with van der Waals surface area (Å²) >= 11 is 3.44. The van der Waals surface area contributed by atoms with E-state index in [4.69, 9.17) is 5.73 Å². The average Bonchev–Trinajstić information content (AvgIpc) is 2.45. The minimum Gasteiger partial charge on any atom is -0.399 e. The zero-order valence-corrected chi connectivity index (χ0v) is 10.7. The van der Waals surface area contributed by atoms with Crippen molar-refractivity contribution < 1.29 is 4.79 Å². The van der Waals surface area contributed by atoms with Crippen LogP contribution in [0.4, 0.5) is 5.69 Å². The summed E-state index contributed by atoms with van der Waals surface area (Å²) in [5.41, 5.74) is 9.02. The lowest BCUT2D eigenvalue weighted by atomic mass is 10.1. The van der Waals surface area contributed by atoms with Crippen LogP contribution in [0.15, 0.2) is 28.8 Å². The van der Waals surface area contributed by atoms with Gasteiger partial charge in [0.1, 0.15) is 0 Å². The van der Waals surface area contributed by atoms with Crippen molar-refractivity contribution in [1.29, 1.82) is 0 Å². The van der Waals surface area contributed by atoms with Gasteiger partial charge in [0, 0.05) is 28.8 Å². The Hall–Kier alpha value is -1.29. The van der Waals surface area contributed by atoms with Gasteiger partial charge in [-0.25, -0.2) is 0 Å². The molecule has 84 valence electrons. The molecule has 0 fully saturated rings. The van der Waals surface area contributed by atoms with E-state index >= 15 is 0 Å². The summed E-state index contributed by atoms with van der Waals surface area (Å²) in [6, 6.07) is 3.57. The smallest absolute Gasteiger partial charge is 0.254 e. The third kappa shape index (κ3) is 1.85. The van der Waals surface area contributed by atoms with Gasteiger partial charge in [0.2, 0.25) is 0 Å². The molecule has 0 saturated heterocycles. The van der Waals surface area contributed by atoms with E-state index in [1.165, 1.54) is 0 Å². The molecule has 0 aromatic heterocycles. The predicted molar refractivity (Wildman–Crippen MR) is 68.1 cm³/mol. The molecule has 0 unspecified atom stereocenters. The standard InChI is InChI=1S/C12H13BrN2O/c1-7(2)5-15-6-10-9(12(15)16)3-8(14)4-11(10)13/h3-4H,1,5-6,14H2,2H3. The summed E-state index contributed by atoms with van der Waals surface area (Å²) in [7, 11) is 0. The van der Waals surface area contributed by atoms with Crippen molar-refractivity contribution in [2.24, 2.45) is 0 Å². The molecule has 1 aromatic rings. The molecule has 0 aliphatic carbocycles. The Kier molecular flexibility index (Phi) is 2.76. The molecule has 1 amide bonds. The van der Waals surface area contributed by atoms with Gasteiger partial charge in [-0.15, -0.1) is 0 Å².